The maximum atomic E-state index is 12.1. The van der Waals surface area contributed by atoms with Gasteiger partial charge in [0.25, 0.3) is 5.91 Å². The first-order valence-corrected chi connectivity index (χ1v) is 6.56. The first kappa shape index (κ1) is 14.9. The number of hydrogen-bond acceptors (Lipinski definition) is 5. The van der Waals surface area contributed by atoms with E-state index >= 15 is 0 Å². The minimum atomic E-state index is -0.416. The molecule has 0 unspecified atom stereocenters. The molecule has 108 valence electrons. The number of hydrogen-bond donors (Lipinski definition) is 1. The maximum absolute atomic E-state index is 12.1. The lowest BCUT2D eigenvalue weighted by Gasteiger charge is -2.11. The molecule has 0 aromatic carbocycles. The van der Waals surface area contributed by atoms with E-state index in [0.717, 1.165) is 0 Å². The van der Waals surface area contributed by atoms with Crippen LogP contribution in [0.25, 0.3) is 0 Å². The van der Waals surface area contributed by atoms with Gasteiger partial charge in [0.1, 0.15) is 17.1 Å². The number of nitrogens with zero attached hydrogens (tertiary/aromatic N) is 3. The van der Waals surface area contributed by atoms with Crippen molar-refractivity contribution >= 4 is 23.2 Å². The van der Waals surface area contributed by atoms with Crippen LogP contribution in [0.1, 0.15) is 16.9 Å². The molecular weight excluding hydrogens is 292 g/mol. The fourth-order valence-electron chi connectivity index (χ4n) is 1.50. The highest BCUT2D eigenvalue weighted by molar-refractivity contribution is 6.28. The van der Waals surface area contributed by atoms with E-state index in [1.54, 1.807) is 18.3 Å². The summed E-state index contributed by atoms with van der Waals surface area (Å²) < 4.78 is 5.55. The average molecular weight is 305 g/mol. The zero-order chi connectivity index (χ0) is 15.1. The number of halogens is 1. The molecule has 0 aliphatic rings. The van der Waals surface area contributed by atoms with Gasteiger partial charge in [-0.25, -0.2) is 9.97 Å². The van der Waals surface area contributed by atoms with Crippen molar-refractivity contribution in [2.24, 2.45) is 0 Å². The quantitative estimate of drug-likeness (QED) is 0.504. The molecule has 0 aliphatic heterocycles. The Bertz CT molecular complexity index is 648. The molecular formula is C14H13ClN4O2. The Balaban J connectivity index is 2.11. The third kappa shape index (κ3) is 4.25. The summed E-state index contributed by atoms with van der Waals surface area (Å²) in [5, 5.41) is 2.69. The van der Waals surface area contributed by atoms with Crippen molar-refractivity contribution in [1.82, 2.24) is 15.0 Å². The second-order valence-electron chi connectivity index (χ2n) is 3.96. The summed E-state index contributed by atoms with van der Waals surface area (Å²) in [5.74, 6) is 0.112. The van der Waals surface area contributed by atoms with Gasteiger partial charge in [0.05, 0.1) is 12.8 Å². The van der Waals surface area contributed by atoms with Gasteiger partial charge in [0.2, 0.25) is 5.28 Å². The molecule has 0 saturated carbocycles. The smallest absolute Gasteiger partial charge is 0.274 e. The number of rotatable bonds is 6. The molecule has 2 aromatic rings. The largest absolute Gasteiger partial charge is 0.491 e. The van der Waals surface area contributed by atoms with Crippen molar-refractivity contribution in [3.8, 4) is 5.75 Å². The molecule has 0 aliphatic carbocycles. The van der Waals surface area contributed by atoms with Crippen LogP contribution in [0.15, 0.2) is 43.4 Å². The summed E-state index contributed by atoms with van der Waals surface area (Å²) in [6.45, 7) is 4.09. The van der Waals surface area contributed by atoms with Crippen LogP contribution < -0.4 is 10.1 Å². The Labute approximate surface area is 126 Å². The zero-order valence-electron chi connectivity index (χ0n) is 11.1. The summed E-state index contributed by atoms with van der Waals surface area (Å²) >= 11 is 5.66. The van der Waals surface area contributed by atoms with Crippen LogP contribution >= 0.6 is 11.6 Å². The minimum absolute atomic E-state index is 0.0105. The van der Waals surface area contributed by atoms with Gasteiger partial charge in [0.15, 0.2) is 0 Å². The van der Waals surface area contributed by atoms with E-state index in [0.29, 0.717) is 24.5 Å². The summed E-state index contributed by atoms with van der Waals surface area (Å²) in [6.07, 6.45) is 6.96. The Hall–Kier alpha value is -2.47. The van der Waals surface area contributed by atoms with Gasteiger partial charge in [-0.3, -0.25) is 9.78 Å². The maximum Gasteiger partial charge on any atom is 0.274 e. The molecule has 0 radical (unpaired) electrons. The molecule has 0 bridgehead atoms. The van der Waals surface area contributed by atoms with Crippen LogP contribution in [0.2, 0.25) is 5.28 Å². The van der Waals surface area contributed by atoms with E-state index in [9.17, 15) is 4.79 Å². The summed E-state index contributed by atoms with van der Waals surface area (Å²) in [5.41, 5.74) is 0.622. The van der Waals surface area contributed by atoms with Gasteiger partial charge < -0.3 is 10.1 Å². The van der Waals surface area contributed by atoms with Crippen molar-refractivity contribution in [2.45, 2.75) is 6.42 Å². The van der Waals surface area contributed by atoms with Crippen LogP contribution in [-0.4, -0.2) is 27.5 Å². The fraction of sp³-hybridized carbons (Fsp3) is 0.143. The predicted octanol–water partition coefficient (Wildman–Crippen LogP) is 2.73. The van der Waals surface area contributed by atoms with Crippen LogP contribution in [0, 0.1) is 0 Å². The third-order valence-electron chi connectivity index (χ3n) is 2.47. The molecule has 2 aromatic heterocycles. The fourth-order valence-corrected chi connectivity index (χ4v) is 1.65. The van der Waals surface area contributed by atoms with Crippen molar-refractivity contribution in [2.75, 3.05) is 11.9 Å². The number of amides is 1. The van der Waals surface area contributed by atoms with Crippen LogP contribution in [0.3, 0.4) is 0 Å². The van der Waals surface area contributed by atoms with E-state index in [1.165, 1.54) is 18.5 Å². The Morgan fingerprint density at radius 3 is 3.05 bits per heavy atom. The van der Waals surface area contributed by atoms with E-state index in [4.69, 9.17) is 16.3 Å². The first-order valence-electron chi connectivity index (χ1n) is 6.18. The second kappa shape index (κ2) is 7.35. The molecule has 7 heteroatoms. The number of anilines is 1. The van der Waals surface area contributed by atoms with Crippen molar-refractivity contribution in [3.63, 3.8) is 0 Å². The second-order valence-corrected chi connectivity index (χ2v) is 4.30. The molecule has 2 rings (SSSR count). The lowest BCUT2D eigenvalue weighted by molar-refractivity contribution is 0.102. The molecule has 21 heavy (non-hydrogen) atoms. The number of pyridine rings is 1. The zero-order valence-corrected chi connectivity index (χ0v) is 11.9. The normalized spacial score (nSPS) is 9.95. The van der Waals surface area contributed by atoms with E-state index < -0.39 is 5.91 Å². The first-order chi connectivity index (χ1) is 10.2. The van der Waals surface area contributed by atoms with E-state index in [2.05, 4.69) is 26.8 Å². The number of ether oxygens (including phenoxy) is 1. The summed E-state index contributed by atoms with van der Waals surface area (Å²) in [4.78, 5) is 23.6. The van der Waals surface area contributed by atoms with Crippen LogP contribution in [-0.2, 0) is 0 Å². The average Bonchev–Trinajstić information content (AvgIpc) is 2.49. The van der Waals surface area contributed by atoms with Crippen LogP contribution in [0.5, 0.6) is 5.75 Å². The molecule has 6 nitrogen and oxygen atoms in total. The SMILES string of the molecule is C=CCCOc1ccncc1NC(=O)c1ccnc(Cl)n1. The van der Waals surface area contributed by atoms with Gasteiger partial charge in [-0.2, -0.15) is 0 Å². The highest BCUT2D eigenvalue weighted by atomic mass is 35.5. The van der Waals surface area contributed by atoms with Crippen molar-refractivity contribution in [3.05, 3.63) is 54.4 Å². The minimum Gasteiger partial charge on any atom is -0.491 e. The van der Waals surface area contributed by atoms with Gasteiger partial charge >= 0.3 is 0 Å². The van der Waals surface area contributed by atoms with Gasteiger partial charge in [-0.15, -0.1) is 6.58 Å². The Kier molecular flexibility index (Phi) is 5.22. The lowest BCUT2D eigenvalue weighted by atomic mass is 10.3. The highest BCUT2D eigenvalue weighted by Crippen LogP contribution is 2.23. The summed E-state index contributed by atoms with van der Waals surface area (Å²) in [7, 11) is 0. The number of aromatic nitrogens is 3. The summed E-state index contributed by atoms with van der Waals surface area (Å²) in [6, 6.07) is 3.14. The van der Waals surface area contributed by atoms with E-state index in [-0.39, 0.29) is 11.0 Å². The molecule has 2 heterocycles. The monoisotopic (exact) mass is 304 g/mol. The third-order valence-corrected chi connectivity index (χ3v) is 2.65. The molecule has 1 amide bonds. The van der Waals surface area contributed by atoms with Crippen molar-refractivity contribution < 1.29 is 9.53 Å². The van der Waals surface area contributed by atoms with E-state index in [1.807, 2.05) is 0 Å². The lowest BCUT2D eigenvalue weighted by Crippen LogP contribution is -2.15. The topological polar surface area (TPSA) is 77.0 Å². The molecule has 0 spiro atoms. The van der Waals surface area contributed by atoms with Gasteiger partial charge in [-0.1, -0.05) is 6.08 Å². The predicted molar refractivity (Wildman–Crippen MR) is 79.5 cm³/mol. The molecule has 0 fully saturated rings. The molecule has 0 saturated heterocycles. The molecule has 0 atom stereocenters. The standard InChI is InChI=1S/C14H13ClN4O2/c1-2-3-8-21-12-5-6-16-9-11(12)18-13(20)10-4-7-17-14(15)19-10/h2,4-7,9H,1,3,8H2,(H,18,20). The Morgan fingerprint density at radius 1 is 1.43 bits per heavy atom. The highest BCUT2D eigenvalue weighted by Gasteiger charge is 2.12. The van der Waals surface area contributed by atoms with Gasteiger partial charge in [0, 0.05) is 18.5 Å². The van der Waals surface area contributed by atoms with Gasteiger partial charge in [-0.05, 0) is 24.1 Å². The van der Waals surface area contributed by atoms with Crippen LogP contribution in [0.4, 0.5) is 5.69 Å². The number of carbonyl (C=O) groups is 1. The van der Waals surface area contributed by atoms with Crippen molar-refractivity contribution in [1.29, 1.82) is 0 Å². The Morgan fingerprint density at radius 2 is 2.29 bits per heavy atom. The number of carbonyl (C=O) groups excluding carboxylic acids is 1. The molecule has 1 N–H and O–H groups in total. The number of nitrogens with one attached hydrogen (secondary N) is 1.